The molecule has 0 aromatic rings. The van der Waals surface area contributed by atoms with Gasteiger partial charge in [0.2, 0.25) is 0 Å². The predicted octanol–water partition coefficient (Wildman–Crippen LogP) is 4.01. The molecule has 1 aliphatic rings. The van der Waals surface area contributed by atoms with Crippen LogP contribution in [0.3, 0.4) is 0 Å². The van der Waals surface area contributed by atoms with Gasteiger partial charge in [-0.25, -0.2) is 0 Å². The summed E-state index contributed by atoms with van der Waals surface area (Å²) >= 11 is 0. The highest BCUT2D eigenvalue weighted by molar-refractivity contribution is 5.38. The first-order valence-corrected chi connectivity index (χ1v) is 4.78. The van der Waals surface area contributed by atoms with E-state index in [1.807, 2.05) is 0 Å². The quantitative estimate of drug-likeness (QED) is 0.575. The van der Waals surface area contributed by atoms with E-state index in [1.54, 1.807) is 0 Å². The van der Waals surface area contributed by atoms with Crippen molar-refractivity contribution in [1.29, 1.82) is 0 Å². The van der Waals surface area contributed by atoms with Crippen molar-refractivity contribution in [3.05, 3.63) is 34.9 Å². The molecule has 1 rings (SSSR count). The molecule has 0 nitrogen and oxygen atoms in total. The molecule has 12 heavy (non-hydrogen) atoms. The van der Waals surface area contributed by atoms with Gasteiger partial charge < -0.3 is 0 Å². The third kappa shape index (κ3) is 2.37. The van der Waals surface area contributed by atoms with Gasteiger partial charge in [-0.2, -0.15) is 0 Å². The van der Waals surface area contributed by atoms with Crippen molar-refractivity contribution >= 4 is 0 Å². The second-order valence-corrected chi connectivity index (χ2v) is 3.49. The van der Waals surface area contributed by atoms with Crippen molar-refractivity contribution in [2.24, 2.45) is 0 Å². The Bertz CT molecular complexity index is 239. The summed E-state index contributed by atoms with van der Waals surface area (Å²) in [4.78, 5) is 0. The molecule has 0 aliphatic heterocycles. The van der Waals surface area contributed by atoms with Gasteiger partial charge >= 0.3 is 0 Å². The fraction of sp³-hybridized carbons (Fsp3) is 0.500. The Morgan fingerprint density at radius 2 is 2.00 bits per heavy atom. The molecule has 66 valence electrons. The summed E-state index contributed by atoms with van der Waals surface area (Å²) in [6.07, 6.45) is 10.5. The van der Waals surface area contributed by atoms with Crippen LogP contribution < -0.4 is 0 Å². The molecular formula is C12H18. The Balaban J connectivity index is 2.78. The first-order valence-electron chi connectivity index (χ1n) is 4.78. The largest absolute Gasteiger partial charge is 0.0778 e. The first kappa shape index (κ1) is 9.31. The van der Waals surface area contributed by atoms with E-state index in [2.05, 4.69) is 39.0 Å². The Morgan fingerprint density at radius 3 is 2.67 bits per heavy atom. The van der Waals surface area contributed by atoms with Crippen molar-refractivity contribution < 1.29 is 0 Å². The van der Waals surface area contributed by atoms with Gasteiger partial charge in [0, 0.05) is 0 Å². The normalized spacial score (nSPS) is 17.8. The monoisotopic (exact) mass is 162 g/mol. The fourth-order valence-corrected chi connectivity index (χ4v) is 1.61. The Kier molecular flexibility index (Phi) is 3.33. The molecule has 1 aliphatic carbocycles. The third-order valence-corrected chi connectivity index (χ3v) is 2.27. The summed E-state index contributed by atoms with van der Waals surface area (Å²) in [6.45, 7) is 6.62. The summed E-state index contributed by atoms with van der Waals surface area (Å²) in [7, 11) is 0. The predicted molar refractivity (Wildman–Crippen MR) is 55.1 cm³/mol. The minimum atomic E-state index is 1.11. The second-order valence-electron chi connectivity index (χ2n) is 3.49. The topological polar surface area (TPSA) is 0 Å². The minimum Gasteiger partial charge on any atom is -0.0778 e. The van der Waals surface area contributed by atoms with E-state index >= 15 is 0 Å². The molecule has 0 heterocycles. The smallest absolute Gasteiger partial charge is 0.0158 e. The molecule has 0 saturated carbocycles. The standard InChI is InChI=1S/C12H18/c1-4-6-12-8-5-7-10(2)9-11(12)3/h7-9H,4-6H2,1-3H3. The van der Waals surface area contributed by atoms with E-state index in [1.165, 1.54) is 29.6 Å². The summed E-state index contributed by atoms with van der Waals surface area (Å²) in [5, 5.41) is 0. The summed E-state index contributed by atoms with van der Waals surface area (Å²) < 4.78 is 0. The summed E-state index contributed by atoms with van der Waals surface area (Å²) in [5.74, 6) is 0. The van der Waals surface area contributed by atoms with E-state index in [9.17, 15) is 0 Å². The Morgan fingerprint density at radius 1 is 1.25 bits per heavy atom. The van der Waals surface area contributed by atoms with Crippen LogP contribution in [0, 0.1) is 0 Å². The van der Waals surface area contributed by atoms with E-state index in [0.717, 1.165) is 6.42 Å². The van der Waals surface area contributed by atoms with Gasteiger partial charge in [0.1, 0.15) is 0 Å². The van der Waals surface area contributed by atoms with E-state index in [4.69, 9.17) is 0 Å². The molecule has 0 spiro atoms. The molecule has 0 aromatic carbocycles. The number of hydrogen-bond donors (Lipinski definition) is 0. The highest BCUT2D eigenvalue weighted by atomic mass is 14.1. The Hall–Kier alpha value is -0.780. The fourth-order valence-electron chi connectivity index (χ4n) is 1.61. The van der Waals surface area contributed by atoms with Crippen LogP contribution >= 0.6 is 0 Å². The maximum atomic E-state index is 2.35. The third-order valence-electron chi connectivity index (χ3n) is 2.27. The number of hydrogen-bond acceptors (Lipinski definition) is 0. The average Bonchev–Trinajstić information content (AvgIpc) is 2.15. The lowest BCUT2D eigenvalue weighted by molar-refractivity contribution is 0.907. The van der Waals surface area contributed by atoms with Gasteiger partial charge in [-0.1, -0.05) is 37.1 Å². The second kappa shape index (κ2) is 4.30. The van der Waals surface area contributed by atoms with Crippen molar-refractivity contribution in [2.45, 2.75) is 40.0 Å². The maximum Gasteiger partial charge on any atom is -0.0158 e. The molecular weight excluding hydrogens is 144 g/mol. The molecule has 0 amide bonds. The van der Waals surface area contributed by atoms with Crippen LogP contribution in [0.4, 0.5) is 0 Å². The molecule has 0 N–H and O–H groups in total. The lowest BCUT2D eigenvalue weighted by atomic mass is 10.0. The van der Waals surface area contributed by atoms with Crippen molar-refractivity contribution in [3.63, 3.8) is 0 Å². The highest BCUT2D eigenvalue weighted by Gasteiger charge is 2.01. The first-order chi connectivity index (χ1) is 5.74. The SMILES string of the molecule is CCCC1=CCC=C(C)C=C1C. The molecule has 0 bridgehead atoms. The van der Waals surface area contributed by atoms with Crippen LogP contribution in [-0.2, 0) is 0 Å². The minimum absolute atomic E-state index is 1.11. The number of rotatable bonds is 2. The molecule has 0 unspecified atom stereocenters. The van der Waals surface area contributed by atoms with E-state index in [-0.39, 0.29) is 0 Å². The van der Waals surface area contributed by atoms with E-state index < -0.39 is 0 Å². The van der Waals surface area contributed by atoms with Crippen LogP contribution in [0.2, 0.25) is 0 Å². The number of allylic oxidation sites excluding steroid dienone is 6. The summed E-state index contributed by atoms with van der Waals surface area (Å²) in [6, 6.07) is 0. The van der Waals surface area contributed by atoms with Gasteiger partial charge in [-0.05, 0) is 37.8 Å². The van der Waals surface area contributed by atoms with Crippen molar-refractivity contribution in [1.82, 2.24) is 0 Å². The average molecular weight is 162 g/mol. The highest BCUT2D eigenvalue weighted by Crippen LogP contribution is 2.21. The lowest BCUT2D eigenvalue weighted by Crippen LogP contribution is -1.84. The van der Waals surface area contributed by atoms with Crippen LogP contribution in [0.5, 0.6) is 0 Å². The molecule has 0 radical (unpaired) electrons. The molecule has 0 aromatic heterocycles. The molecule has 0 atom stereocenters. The van der Waals surface area contributed by atoms with Crippen LogP contribution in [0.1, 0.15) is 40.0 Å². The van der Waals surface area contributed by atoms with Crippen molar-refractivity contribution in [2.75, 3.05) is 0 Å². The molecule has 0 heteroatoms. The van der Waals surface area contributed by atoms with Gasteiger partial charge in [0.25, 0.3) is 0 Å². The van der Waals surface area contributed by atoms with Gasteiger partial charge in [-0.15, -0.1) is 0 Å². The van der Waals surface area contributed by atoms with Crippen LogP contribution in [0.15, 0.2) is 34.9 Å². The van der Waals surface area contributed by atoms with Crippen molar-refractivity contribution in [3.8, 4) is 0 Å². The van der Waals surface area contributed by atoms with Gasteiger partial charge in [-0.3, -0.25) is 0 Å². The van der Waals surface area contributed by atoms with Gasteiger partial charge in [0.05, 0.1) is 0 Å². The maximum absolute atomic E-state index is 2.35. The van der Waals surface area contributed by atoms with Gasteiger partial charge in [0.15, 0.2) is 0 Å². The zero-order valence-corrected chi connectivity index (χ0v) is 8.35. The molecule has 0 saturated heterocycles. The Labute approximate surface area is 75.7 Å². The molecule has 0 fully saturated rings. The zero-order valence-electron chi connectivity index (χ0n) is 8.35. The lowest BCUT2D eigenvalue weighted by Gasteiger charge is -2.04. The zero-order chi connectivity index (χ0) is 8.97. The van der Waals surface area contributed by atoms with Crippen LogP contribution in [-0.4, -0.2) is 0 Å². The summed E-state index contributed by atoms with van der Waals surface area (Å²) in [5.41, 5.74) is 4.38. The van der Waals surface area contributed by atoms with E-state index in [0.29, 0.717) is 0 Å². The van der Waals surface area contributed by atoms with Crippen LogP contribution in [0.25, 0.3) is 0 Å².